The molecule has 1 aromatic carbocycles. The predicted molar refractivity (Wildman–Crippen MR) is 57.8 cm³/mol. The Morgan fingerprint density at radius 1 is 1.12 bits per heavy atom. The van der Waals surface area contributed by atoms with Crippen molar-refractivity contribution in [2.75, 3.05) is 0 Å². The van der Waals surface area contributed by atoms with Crippen LogP contribution < -0.4 is 0 Å². The molecule has 0 spiro atoms. The van der Waals surface area contributed by atoms with Crippen LogP contribution in [-0.2, 0) is 9.53 Å². The molecule has 2 rings (SSSR count). The maximum Gasteiger partial charge on any atom is 0.364 e. The molecule has 1 heterocycles. The van der Waals surface area contributed by atoms with Crippen molar-refractivity contribution in [1.82, 2.24) is 4.98 Å². The van der Waals surface area contributed by atoms with Gasteiger partial charge in [0.15, 0.2) is 0 Å². The Hall–Kier alpha value is -2.23. The van der Waals surface area contributed by atoms with Crippen molar-refractivity contribution in [3.8, 4) is 0 Å². The fourth-order valence-corrected chi connectivity index (χ4v) is 1.36. The summed E-state index contributed by atoms with van der Waals surface area (Å²) in [4.78, 5) is 26.1. The second-order valence-corrected chi connectivity index (χ2v) is 3.27. The molecule has 0 saturated heterocycles. The summed E-state index contributed by atoms with van der Waals surface area (Å²) < 4.78 is 4.44. The van der Waals surface area contributed by atoms with Gasteiger partial charge in [0.25, 0.3) is 0 Å². The summed E-state index contributed by atoms with van der Waals surface area (Å²) in [5.74, 6) is -1.36. The van der Waals surface area contributed by atoms with E-state index >= 15 is 0 Å². The smallest absolute Gasteiger partial charge is 0.364 e. The Morgan fingerprint density at radius 3 is 2.62 bits per heavy atom. The molecule has 2 aromatic rings. The number of pyridine rings is 1. The standard InChI is InChI=1S/C12H9NO3/c1-8(14)16-12(15)11-7-6-9-4-2-3-5-10(9)13-11/h2-7H,1H3. The van der Waals surface area contributed by atoms with Gasteiger partial charge in [0.1, 0.15) is 5.69 Å². The van der Waals surface area contributed by atoms with Crippen LogP contribution in [0.25, 0.3) is 10.9 Å². The first-order valence-corrected chi connectivity index (χ1v) is 4.75. The van der Waals surface area contributed by atoms with Gasteiger partial charge in [-0.1, -0.05) is 24.3 Å². The summed E-state index contributed by atoms with van der Waals surface area (Å²) in [6.07, 6.45) is 0. The number of aromatic nitrogens is 1. The molecule has 0 aliphatic carbocycles. The number of fused-ring (bicyclic) bond motifs is 1. The second-order valence-electron chi connectivity index (χ2n) is 3.27. The maximum absolute atomic E-state index is 11.4. The van der Waals surface area contributed by atoms with Gasteiger partial charge >= 0.3 is 11.9 Å². The van der Waals surface area contributed by atoms with Gasteiger partial charge in [-0.2, -0.15) is 0 Å². The summed E-state index contributed by atoms with van der Waals surface area (Å²) in [7, 11) is 0. The molecule has 0 N–H and O–H groups in total. The van der Waals surface area contributed by atoms with Crippen molar-refractivity contribution < 1.29 is 14.3 Å². The summed E-state index contributed by atoms with van der Waals surface area (Å²) >= 11 is 0. The summed E-state index contributed by atoms with van der Waals surface area (Å²) in [6.45, 7) is 1.18. The topological polar surface area (TPSA) is 56.3 Å². The van der Waals surface area contributed by atoms with Crippen LogP contribution in [0.3, 0.4) is 0 Å². The molecule has 0 unspecified atom stereocenters. The van der Waals surface area contributed by atoms with E-state index in [1.165, 1.54) is 13.0 Å². The molecule has 0 saturated carbocycles. The lowest BCUT2D eigenvalue weighted by Crippen LogP contribution is -2.10. The van der Waals surface area contributed by atoms with Gasteiger partial charge in [-0.05, 0) is 12.1 Å². The van der Waals surface area contributed by atoms with Crippen molar-refractivity contribution in [2.45, 2.75) is 6.92 Å². The highest BCUT2D eigenvalue weighted by molar-refractivity contribution is 5.96. The number of nitrogens with zero attached hydrogens (tertiary/aromatic N) is 1. The zero-order chi connectivity index (χ0) is 11.5. The zero-order valence-corrected chi connectivity index (χ0v) is 8.64. The van der Waals surface area contributed by atoms with E-state index in [0.29, 0.717) is 5.52 Å². The van der Waals surface area contributed by atoms with Gasteiger partial charge in [0.05, 0.1) is 5.52 Å². The van der Waals surface area contributed by atoms with Gasteiger partial charge < -0.3 is 4.74 Å². The Labute approximate surface area is 91.9 Å². The largest absolute Gasteiger partial charge is 0.388 e. The maximum atomic E-state index is 11.4. The average Bonchev–Trinajstić information content (AvgIpc) is 2.27. The quantitative estimate of drug-likeness (QED) is 0.538. The van der Waals surface area contributed by atoms with Crippen molar-refractivity contribution >= 4 is 22.8 Å². The fraction of sp³-hybridized carbons (Fsp3) is 0.0833. The van der Waals surface area contributed by atoms with Crippen LogP contribution >= 0.6 is 0 Å². The van der Waals surface area contributed by atoms with Gasteiger partial charge in [-0.3, -0.25) is 4.79 Å². The Kier molecular flexibility index (Phi) is 2.64. The van der Waals surface area contributed by atoms with Crippen LogP contribution in [-0.4, -0.2) is 16.9 Å². The number of carbonyl (C=O) groups excluding carboxylic acids is 2. The lowest BCUT2D eigenvalue weighted by Gasteiger charge is -2.01. The van der Waals surface area contributed by atoms with E-state index in [9.17, 15) is 9.59 Å². The molecule has 0 aliphatic heterocycles. The van der Waals surface area contributed by atoms with E-state index in [1.807, 2.05) is 18.2 Å². The van der Waals surface area contributed by atoms with E-state index < -0.39 is 11.9 Å². The van der Waals surface area contributed by atoms with E-state index in [1.54, 1.807) is 12.1 Å². The minimum absolute atomic E-state index is 0.133. The number of hydrogen-bond donors (Lipinski definition) is 0. The number of ether oxygens (including phenoxy) is 1. The van der Waals surface area contributed by atoms with Gasteiger partial charge in [0.2, 0.25) is 0 Å². The second kappa shape index (κ2) is 4.10. The van der Waals surface area contributed by atoms with E-state index in [-0.39, 0.29) is 5.69 Å². The lowest BCUT2D eigenvalue weighted by atomic mass is 10.2. The normalized spacial score (nSPS) is 10.1. The molecule has 0 aliphatic rings. The van der Waals surface area contributed by atoms with Crippen molar-refractivity contribution in [3.63, 3.8) is 0 Å². The molecule has 1 aromatic heterocycles. The minimum atomic E-state index is -0.724. The molecule has 16 heavy (non-hydrogen) atoms. The number of hydrogen-bond acceptors (Lipinski definition) is 4. The third kappa shape index (κ3) is 2.06. The molecule has 0 amide bonds. The highest BCUT2D eigenvalue weighted by Gasteiger charge is 2.11. The van der Waals surface area contributed by atoms with Crippen LogP contribution in [0, 0.1) is 0 Å². The van der Waals surface area contributed by atoms with E-state index in [4.69, 9.17) is 0 Å². The Bertz CT molecular complexity index is 563. The van der Waals surface area contributed by atoms with Crippen LogP contribution in [0.5, 0.6) is 0 Å². The number of para-hydroxylation sites is 1. The van der Waals surface area contributed by atoms with Crippen LogP contribution in [0.15, 0.2) is 36.4 Å². The van der Waals surface area contributed by atoms with Crippen molar-refractivity contribution in [3.05, 3.63) is 42.1 Å². The van der Waals surface area contributed by atoms with Crippen molar-refractivity contribution in [1.29, 1.82) is 0 Å². The molecular weight excluding hydrogens is 206 g/mol. The Morgan fingerprint density at radius 2 is 1.88 bits per heavy atom. The minimum Gasteiger partial charge on any atom is -0.388 e. The first-order chi connectivity index (χ1) is 7.66. The summed E-state index contributed by atoms with van der Waals surface area (Å²) in [5, 5.41) is 0.932. The van der Waals surface area contributed by atoms with E-state index in [2.05, 4.69) is 9.72 Å². The number of rotatable bonds is 1. The summed E-state index contributed by atoms with van der Waals surface area (Å²) in [6, 6.07) is 10.7. The number of carbonyl (C=O) groups is 2. The van der Waals surface area contributed by atoms with Gasteiger partial charge in [-0.25, -0.2) is 9.78 Å². The third-order valence-electron chi connectivity index (χ3n) is 2.04. The molecular formula is C12H9NO3. The first kappa shape index (κ1) is 10.3. The van der Waals surface area contributed by atoms with Crippen LogP contribution in [0.2, 0.25) is 0 Å². The van der Waals surface area contributed by atoms with Crippen molar-refractivity contribution in [2.24, 2.45) is 0 Å². The van der Waals surface area contributed by atoms with Gasteiger partial charge in [-0.15, -0.1) is 0 Å². The SMILES string of the molecule is CC(=O)OC(=O)c1ccc2ccccc2n1. The zero-order valence-electron chi connectivity index (χ0n) is 8.64. The molecule has 0 bridgehead atoms. The van der Waals surface area contributed by atoms with Crippen LogP contribution in [0.4, 0.5) is 0 Å². The molecule has 80 valence electrons. The molecule has 4 heteroatoms. The predicted octanol–water partition coefficient (Wildman–Crippen LogP) is 1.94. The van der Waals surface area contributed by atoms with Crippen LogP contribution in [0.1, 0.15) is 17.4 Å². The van der Waals surface area contributed by atoms with Gasteiger partial charge in [0, 0.05) is 12.3 Å². The lowest BCUT2D eigenvalue weighted by molar-refractivity contribution is -0.135. The Balaban J connectivity index is 2.39. The average molecular weight is 215 g/mol. The third-order valence-corrected chi connectivity index (χ3v) is 2.04. The highest BCUT2D eigenvalue weighted by Crippen LogP contribution is 2.12. The number of benzene rings is 1. The fourth-order valence-electron chi connectivity index (χ4n) is 1.36. The molecule has 0 atom stereocenters. The molecule has 0 fully saturated rings. The van der Waals surface area contributed by atoms with E-state index in [0.717, 1.165) is 5.39 Å². The monoisotopic (exact) mass is 215 g/mol. The number of esters is 2. The summed E-state index contributed by atoms with van der Waals surface area (Å²) in [5.41, 5.74) is 0.828. The highest BCUT2D eigenvalue weighted by atomic mass is 16.6. The first-order valence-electron chi connectivity index (χ1n) is 4.75. The molecule has 0 radical (unpaired) electrons. The molecule has 4 nitrogen and oxygen atoms in total.